The Morgan fingerprint density at radius 2 is 1.84 bits per heavy atom. The van der Waals surface area contributed by atoms with Gasteiger partial charge in [0.15, 0.2) is 0 Å². The third-order valence-corrected chi connectivity index (χ3v) is 8.60. The zero-order chi connectivity index (χ0) is 27.7. The second kappa shape index (κ2) is 14.6. The van der Waals surface area contributed by atoms with E-state index in [1.54, 1.807) is 0 Å². The number of hydrogen-bond acceptors (Lipinski definition) is 1. The van der Waals surface area contributed by atoms with Crippen LogP contribution in [0.1, 0.15) is 87.5 Å². The van der Waals surface area contributed by atoms with Crippen LogP contribution in [0.15, 0.2) is 82.0 Å². The van der Waals surface area contributed by atoms with Gasteiger partial charge in [0.1, 0.15) is 0 Å². The van der Waals surface area contributed by atoms with Gasteiger partial charge in [-0.3, -0.25) is 0 Å². The lowest BCUT2D eigenvalue weighted by molar-refractivity contribution is 0.246. The Kier molecular flexibility index (Phi) is 12.2. The second-order valence-corrected chi connectivity index (χ2v) is 12.1. The summed E-state index contributed by atoms with van der Waals surface area (Å²) in [5, 5.41) is 3.85. The Hall–Kier alpha value is -2.30. The number of terminal acetylenes is 1. The van der Waals surface area contributed by atoms with E-state index in [-0.39, 0.29) is 0 Å². The van der Waals surface area contributed by atoms with Crippen LogP contribution < -0.4 is 5.32 Å². The van der Waals surface area contributed by atoms with Gasteiger partial charge in [-0.05, 0) is 138 Å². The fourth-order valence-corrected chi connectivity index (χ4v) is 6.33. The highest BCUT2D eigenvalue weighted by Crippen LogP contribution is 2.38. The topological polar surface area (TPSA) is 12.0 Å². The van der Waals surface area contributed by atoms with E-state index in [4.69, 9.17) is 6.42 Å². The molecule has 37 heavy (non-hydrogen) atoms. The largest absolute Gasteiger partial charge is 0.316 e. The van der Waals surface area contributed by atoms with Crippen molar-refractivity contribution < 1.29 is 0 Å². The summed E-state index contributed by atoms with van der Waals surface area (Å²) in [5.74, 6) is 5.97. The molecule has 0 radical (unpaired) electrons. The maximum absolute atomic E-state index is 6.05. The molecule has 1 nitrogen and oxygen atoms in total. The monoisotopic (exact) mass is 499 g/mol. The molecule has 0 aromatic rings. The molecule has 4 unspecified atom stereocenters. The Balaban J connectivity index is 2.30. The van der Waals surface area contributed by atoms with Crippen LogP contribution in [0.2, 0.25) is 0 Å². The first-order valence-electron chi connectivity index (χ1n) is 14.4. The molecule has 0 aromatic carbocycles. The van der Waals surface area contributed by atoms with E-state index in [0.717, 1.165) is 49.1 Å². The van der Waals surface area contributed by atoms with Crippen molar-refractivity contribution in [3.8, 4) is 12.3 Å². The summed E-state index contributed by atoms with van der Waals surface area (Å²) in [7, 11) is 0. The summed E-state index contributed by atoms with van der Waals surface area (Å²) in [5.41, 5.74) is 10.1. The van der Waals surface area contributed by atoms with Gasteiger partial charge < -0.3 is 5.32 Å². The lowest BCUT2D eigenvalue weighted by Crippen LogP contribution is -2.27. The smallest absolute Gasteiger partial charge is 0.00264 e. The third-order valence-electron chi connectivity index (χ3n) is 8.60. The molecule has 1 N–H and O–H groups in total. The average molecular weight is 500 g/mol. The van der Waals surface area contributed by atoms with Gasteiger partial charge in [0, 0.05) is 5.57 Å². The lowest BCUT2D eigenvalue weighted by Gasteiger charge is -2.30. The zero-order valence-corrected chi connectivity index (χ0v) is 25.1. The summed E-state index contributed by atoms with van der Waals surface area (Å²) < 4.78 is 0. The summed E-state index contributed by atoms with van der Waals surface area (Å²) in [4.78, 5) is 0. The number of rotatable bonds is 10. The van der Waals surface area contributed by atoms with E-state index in [1.807, 2.05) is 0 Å². The molecule has 2 rings (SSSR count). The van der Waals surface area contributed by atoms with Gasteiger partial charge in [-0.1, -0.05) is 74.8 Å². The molecule has 1 aliphatic carbocycles. The minimum atomic E-state index is 0.484. The van der Waals surface area contributed by atoms with Gasteiger partial charge in [0.2, 0.25) is 0 Å². The number of nitrogens with one attached hydrogen (secondary N) is 1. The minimum Gasteiger partial charge on any atom is -0.316 e. The normalized spacial score (nSPS) is 24.9. The molecular formula is C36H53N. The predicted molar refractivity (Wildman–Crippen MR) is 165 cm³/mol. The molecule has 4 atom stereocenters. The quantitative estimate of drug-likeness (QED) is 0.233. The Bertz CT molecular complexity index is 1030. The van der Waals surface area contributed by atoms with Gasteiger partial charge in [0.05, 0.1) is 0 Å². The van der Waals surface area contributed by atoms with E-state index in [1.165, 1.54) is 40.7 Å². The van der Waals surface area contributed by atoms with Crippen LogP contribution in [0.25, 0.3) is 0 Å². The highest BCUT2D eigenvalue weighted by molar-refractivity contribution is 5.54. The van der Waals surface area contributed by atoms with Gasteiger partial charge in [0.25, 0.3) is 0 Å². The van der Waals surface area contributed by atoms with Gasteiger partial charge in [-0.25, -0.2) is 0 Å². The van der Waals surface area contributed by atoms with Crippen molar-refractivity contribution in [2.45, 2.75) is 87.5 Å². The Morgan fingerprint density at radius 3 is 2.41 bits per heavy atom. The van der Waals surface area contributed by atoms with Crippen LogP contribution in [-0.4, -0.2) is 13.1 Å². The van der Waals surface area contributed by atoms with Crippen LogP contribution >= 0.6 is 0 Å². The zero-order valence-electron chi connectivity index (χ0n) is 25.1. The van der Waals surface area contributed by atoms with E-state index < -0.39 is 0 Å². The first-order valence-corrected chi connectivity index (χ1v) is 14.4. The molecule has 1 aliphatic heterocycles. The van der Waals surface area contributed by atoms with Crippen LogP contribution in [0.5, 0.6) is 0 Å². The second-order valence-electron chi connectivity index (χ2n) is 12.1. The maximum Gasteiger partial charge on any atom is 0.00264 e. The van der Waals surface area contributed by atoms with Gasteiger partial charge in [-0.2, -0.15) is 0 Å². The van der Waals surface area contributed by atoms with Crippen molar-refractivity contribution in [2.75, 3.05) is 13.1 Å². The standard InChI is InChI=1S/C36H53N/c1-12-31(19-32(13-2)25(5)6)20-33-21-34(22-37-23-35(33)17-24(3)4)30(11)28(9)18-29(10)36-26(7)15-14-16-27(36)8/h1,13,15,18-19,24,30,33-35,37H,5,10,14,16-17,20-23H2,2-4,6-9,11H3/b28-18+,31-19+,32-13+. The lowest BCUT2D eigenvalue weighted by atomic mass is 9.74. The van der Waals surface area contributed by atoms with Crippen molar-refractivity contribution in [3.05, 3.63) is 82.0 Å². The van der Waals surface area contributed by atoms with Crippen molar-refractivity contribution >= 4 is 0 Å². The minimum absolute atomic E-state index is 0.484. The molecule has 0 saturated carbocycles. The van der Waals surface area contributed by atoms with Crippen molar-refractivity contribution in [1.29, 1.82) is 0 Å². The fourth-order valence-electron chi connectivity index (χ4n) is 6.33. The Labute approximate surface area is 229 Å². The molecule has 0 bridgehead atoms. The molecule has 2 aliphatic rings. The van der Waals surface area contributed by atoms with E-state index in [2.05, 4.69) is 104 Å². The van der Waals surface area contributed by atoms with Crippen molar-refractivity contribution in [3.63, 3.8) is 0 Å². The highest BCUT2D eigenvalue weighted by atomic mass is 14.9. The number of allylic oxidation sites excluding steroid dienone is 12. The van der Waals surface area contributed by atoms with E-state index >= 15 is 0 Å². The summed E-state index contributed by atoms with van der Waals surface area (Å²) in [6.45, 7) is 28.8. The molecule has 1 fully saturated rings. The summed E-state index contributed by atoms with van der Waals surface area (Å²) in [6.07, 6.45) is 20.8. The third kappa shape index (κ3) is 8.90. The van der Waals surface area contributed by atoms with E-state index in [9.17, 15) is 0 Å². The van der Waals surface area contributed by atoms with Crippen molar-refractivity contribution in [2.24, 2.45) is 29.6 Å². The molecule has 0 amide bonds. The molecular weight excluding hydrogens is 446 g/mol. The SMILES string of the molecule is C#C/C(=C\C(=C/C)C(=C)C)CC1CC(C(C)/C(C)=C/C(=C)C2=C(C)CCC=C2C)CNCC1CC(C)C. The van der Waals surface area contributed by atoms with Crippen LogP contribution in [0.4, 0.5) is 0 Å². The number of hydrogen-bond donors (Lipinski definition) is 1. The average Bonchev–Trinajstić information content (AvgIpc) is 3.02. The molecule has 1 saturated heterocycles. The molecule has 1 heterocycles. The van der Waals surface area contributed by atoms with Crippen molar-refractivity contribution in [1.82, 2.24) is 5.32 Å². The molecule has 0 aromatic heterocycles. The molecule has 0 spiro atoms. The fraction of sp³-hybridized carbons (Fsp3) is 0.556. The summed E-state index contributed by atoms with van der Waals surface area (Å²) in [6, 6.07) is 0. The van der Waals surface area contributed by atoms with Gasteiger partial charge >= 0.3 is 0 Å². The first-order chi connectivity index (χ1) is 17.5. The van der Waals surface area contributed by atoms with Crippen LogP contribution in [0.3, 0.4) is 0 Å². The summed E-state index contributed by atoms with van der Waals surface area (Å²) >= 11 is 0. The van der Waals surface area contributed by atoms with Crippen LogP contribution in [-0.2, 0) is 0 Å². The Morgan fingerprint density at radius 1 is 1.14 bits per heavy atom. The van der Waals surface area contributed by atoms with E-state index in [0.29, 0.717) is 29.6 Å². The maximum atomic E-state index is 6.05. The van der Waals surface area contributed by atoms with Crippen LogP contribution in [0, 0.1) is 41.9 Å². The molecule has 1 heteroatoms. The van der Waals surface area contributed by atoms with Gasteiger partial charge in [-0.15, -0.1) is 6.42 Å². The first kappa shape index (κ1) is 30.9. The highest BCUT2D eigenvalue weighted by Gasteiger charge is 2.32. The molecule has 202 valence electrons. The predicted octanol–water partition coefficient (Wildman–Crippen LogP) is 9.54.